The molecule has 0 heterocycles. The largest absolute Gasteiger partial charge is 0.544 e. The maximum Gasteiger partial charge on any atom is 0.301 e. The van der Waals surface area contributed by atoms with Gasteiger partial charge in [0.1, 0.15) is 5.97 Å². The number of carboxylic acids is 1. The van der Waals surface area contributed by atoms with Gasteiger partial charge in [-0.25, -0.2) is 0 Å². The maximum atomic E-state index is 11.9. The van der Waals surface area contributed by atoms with Crippen molar-refractivity contribution >= 4 is 5.97 Å². The van der Waals surface area contributed by atoms with Gasteiger partial charge in [0.2, 0.25) is 0 Å². The van der Waals surface area contributed by atoms with Crippen LogP contribution in [0.4, 0.5) is 8.78 Å². The van der Waals surface area contributed by atoms with Gasteiger partial charge >= 0.3 is 5.92 Å². The van der Waals surface area contributed by atoms with Crippen LogP contribution in [0.5, 0.6) is 0 Å². The highest BCUT2D eigenvalue weighted by atomic mass is 19.3. The molecule has 3 nitrogen and oxygen atoms in total. The van der Waals surface area contributed by atoms with Crippen LogP contribution in [-0.2, 0) is 4.79 Å². The minimum atomic E-state index is -3.29. The lowest BCUT2D eigenvalue weighted by Crippen LogP contribution is -2.74. The number of carbonyl (C=O) groups is 1. The lowest BCUT2D eigenvalue weighted by molar-refractivity contribution is -0.469. The lowest BCUT2D eigenvalue weighted by Gasteiger charge is -2.15. The monoisotopic (exact) mass is 139 g/mol. The van der Waals surface area contributed by atoms with E-state index in [-0.39, 0.29) is 0 Å². The fraction of sp³-hybridized carbons (Fsp3) is 0.750. The average molecular weight is 139 g/mol. The zero-order valence-corrected chi connectivity index (χ0v) is 4.86. The quantitative estimate of drug-likeness (QED) is 0.481. The van der Waals surface area contributed by atoms with Gasteiger partial charge in [0.25, 0.3) is 0 Å². The van der Waals surface area contributed by atoms with Crippen molar-refractivity contribution in [1.29, 1.82) is 0 Å². The second-order valence-corrected chi connectivity index (χ2v) is 1.83. The van der Waals surface area contributed by atoms with Crippen molar-refractivity contribution < 1.29 is 24.4 Å². The molecule has 0 fully saturated rings. The molecule has 9 heavy (non-hydrogen) atoms. The second kappa shape index (κ2) is 2.26. The van der Waals surface area contributed by atoms with Crippen molar-refractivity contribution in [3.63, 3.8) is 0 Å². The molecule has 5 heteroatoms. The van der Waals surface area contributed by atoms with Crippen LogP contribution in [0.25, 0.3) is 0 Å². The molecule has 0 aliphatic rings. The standard InChI is InChI=1S/C4H7F2NO2/c1-4(5,6)2(7)3(8)9/h2H,7H2,1H3,(H,8,9)/t2-/m1/s1. The number of carboxylic acid groups (broad SMARTS) is 1. The molecule has 1 atom stereocenters. The first kappa shape index (κ1) is 8.29. The van der Waals surface area contributed by atoms with E-state index < -0.39 is 17.9 Å². The minimum Gasteiger partial charge on any atom is -0.544 e. The molecule has 0 amide bonds. The highest BCUT2D eigenvalue weighted by Crippen LogP contribution is 2.12. The van der Waals surface area contributed by atoms with Crippen molar-refractivity contribution in [1.82, 2.24) is 0 Å². The van der Waals surface area contributed by atoms with E-state index in [4.69, 9.17) is 0 Å². The van der Waals surface area contributed by atoms with E-state index in [9.17, 15) is 18.7 Å². The second-order valence-electron chi connectivity index (χ2n) is 1.83. The smallest absolute Gasteiger partial charge is 0.301 e. The third-order valence-corrected chi connectivity index (χ3v) is 0.896. The molecule has 0 saturated heterocycles. The fourth-order valence-electron chi connectivity index (χ4n) is 0.207. The molecule has 3 N–H and O–H groups in total. The third kappa shape index (κ3) is 2.36. The topological polar surface area (TPSA) is 67.8 Å². The Hall–Kier alpha value is -0.710. The highest BCUT2D eigenvalue weighted by molar-refractivity contribution is 5.70. The zero-order chi connectivity index (χ0) is 7.65. The van der Waals surface area contributed by atoms with E-state index in [1.165, 1.54) is 0 Å². The number of carbonyl (C=O) groups excluding carboxylic acids is 1. The molecule has 0 aromatic heterocycles. The Morgan fingerprint density at radius 1 is 1.78 bits per heavy atom. The summed E-state index contributed by atoms with van der Waals surface area (Å²) in [6.45, 7) is 0.487. The Morgan fingerprint density at radius 2 is 2.11 bits per heavy atom. The van der Waals surface area contributed by atoms with Gasteiger partial charge in [0, 0.05) is 6.92 Å². The molecule has 0 unspecified atom stereocenters. The van der Waals surface area contributed by atoms with E-state index >= 15 is 0 Å². The van der Waals surface area contributed by atoms with Crippen LogP contribution in [-0.4, -0.2) is 17.9 Å². The first-order valence-electron chi connectivity index (χ1n) is 2.27. The number of quaternary nitrogens is 1. The van der Waals surface area contributed by atoms with Crippen LogP contribution >= 0.6 is 0 Å². The highest BCUT2D eigenvalue weighted by Gasteiger charge is 2.35. The molecule has 0 aliphatic carbocycles. The summed E-state index contributed by atoms with van der Waals surface area (Å²) in [4.78, 5) is 9.69. The summed E-state index contributed by atoms with van der Waals surface area (Å²) < 4.78 is 23.8. The third-order valence-electron chi connectivity index (χ3n) is 0.896. The van der Waals surface area contributed by atoms with Crippen LogP contribution in [0, 0.1) is 0 Å². The van der Waals surface area contributed by atoms with Gasteiger partial charge in [-0.05, 0) is 0 Å². The summed E-state index contributed by atoms with van der Waals surface area (Å²) in [5, 5.41) is 9.69. The predicted molar refractivity (Wildman–Crippen MR) is 22.3 cm³/mol. The Kier molecular flexibility index (Phi) is 2.08. The van der Waals surface area contributed by atoms with E-state index in [1.807, 2.05) is 0 Å². The molecule has 0 aromatic carbocycles. The van der Waals surface area contributed by atoms with Crippen LogP contribution < -0.4 is 10.8 Å². The summed E-state index contributed by atoms with van der Waals surface area (Å²) in [5.41, 5.74) is 2.70. The van der Waals surface area contributed by atoms with Crippen LogP contribution in [0.15, 0.2) is 0 Å². The lowest BCUT2D eigenvalue weighted by atomic mass is 10.2. The van der Waals surface area contributed by atoms with Crippen molar-refractivity contribution in [2.75, 3.05) is 0 Å². The number of aliphatic carboxylic acids is 1. The predicted octanol–water partition coefficient (Wildman–Crippen LogP) is -2.00. The van der Waals surface area contributed by atoms with Crippen molar-refractivity contribution in [3.8, 4) is 0 Å². The fourth-order valence-corrected chi connectivity index (χ4v) is 0.207. The average Bonchev–Trinajstić information content (AvgIpc) is 1.62. The van der Waals surface area contributed by atoms with Crippen molar-refractivity contribution in [3.05, 3.63) is 0 Å². The molecular formula is C4H7F2NO2. The number of rotatable bonds is 2. The van der Waals surface area contributed by atoms with Gasteiger partial charge in [0.05, 0.1) is 0 Å². The van der Waals surface area contributed by atoms with Crippen molar-refractivity contribution in [2.24, 2.45) is 0 Å². The molecule has 0 saturated carbocycles. The Labute approximate surface area is 50.5 Å². The SMILES string of the molecule is CC(F)(F)[C@H]([NH3+])C(=O)[O-]. The van der Waals surface area contributed by atoms with Crippen molar-refractivity contribution in [2.45, 2.75) is 18.9 Å². The van der Waals surface area contributed by atoms with Gasteiger partial charge in [-0.1, -0.05) is 0 Å². The molecule has 0 aromatic rings. The maximum absolute atomic E-state index is 11.9. The number of halogens is 2. The zero-order valence-electron chi connectivity index (χ0n) is 4.86. The summed E-state index contributed by atoms with van der Waals surface area (Å²) in [6.07, 6.45) is 0. The van der Waals surface area contributed by atoms with E-state index in [0.29, 0.717) is 6.92 Å². The Balaban J connectivity index is 4.04. The minimum absolute atomic E-state index is 0.487. The molecular weight excluding hydrogens is 132 g/mol. The van der Waals surface area contributed by atoms with E-state index in [1.54, 1.807) is 0 Å². The Bertz CT molecular complexity index is 120. The normalized spacial score (nSPS) is 15.1. The van der Waals surface area contributed by atoms with E-state index in [2.05, 4.69) is 5.73 Å². The molecule has 0 spiro atoms. The number of hydrogen-bond acceptors (Lipinski definition) is 2. The van der Waals surface area contributed by atoms with Crippen LogP contribution in [0.3, 0.4) is 0 Å². The van der Waals surface area contributed by atoms with Crippen LogP contribution in [0.2, 0.25) is 0 Å². The molecule has 0 bridgehead atoms. The van der Waals surface area contributed by atoms with Gasteiger partial charge in [0.15, 0.2) is 6.04 Å². The molecule has 0 aliphatic heterocycles. The van der Waals surface area contributed by atoms with Gasteiger partial charge in [-0.3, -0.25) is 0 Å². The number of alkyl halides is 2. The first-order valence-corrected chi connectivity index (χ1v) is 2.27. The van der Waals surface area contributed by atoms with E-state index in [0.717, 1.165) is 0 Å². The summed E-state index contributed by atoms with van der Waals surface area (Å²) in [6, 6.07) is -1.96. The summed E-state index contributed by atoms with van der Waals surface area (Å²) in [5.74, 6) is -5.12. The van der Waals surface area contributed by atoms with Gasteiger partial charge in [-0.2, -0.15) is 8.78 Å². The molecule has 54 valence electrons. The Morgan fingerprint density at radius 3 is 2.11 bits per heavy atom. The summed E-state index contributed by atoms with van der Waals surface area (Å²) in [7, 11) is 0. The first-order chi connectivity index (χ1) is 3.85. The molecule has 0 rings (SSSR count). The summed E-state index contributed by atoms with van der Waals surface area (Å²) >= 11 is 0. The van der Waals surface area contributed by atoms with Crippen LogP contribution in [0.1, 0.15) is 6.92 Å². The van der Waals surface area contributed by atoms with Gasteiger partial charge < -0.3 is 15.6 Å². The molecule has 0 radical (unpaired) electrons. The number of hydrogen-bond donors (Lipinski definition) is 1. The van der Waals surface area contributed by atoms with Gasteiger partial charge in [-0.15, -0.1) is 0 Å².